The largest absolute Gasteiger partial charge is 0.385 e. The van der Waals surface area contributed by atoms with E-state index in [1.807, 2.05) is 0 Å². The van der Waals surface area contributed by atoms with E-state index >= 15 is 0 Å². The predicted octanol–water partition coefficient (Wildman–Crippen LogP) is 3.05. The highest BCUT2D eigenvalue weighted by molar-refractivity contribution is 5.69. The van der Waals surface area contributed by atoms with E-state index < -0.39 is 0 Å². The van der Waals surface area contributed by atoms with E-state index in [4.69, 9.17) is 0 Å². The maximum atomic E-state index is 4.39. The quantitative estimate of drug-likeness (QED) is 0.786. The van der Waals surface area contributed by atoms with Gasteiger partial charge >= 0.3 is 0 Å². The molecule has 0 spiro atoms. The van der Waals surface area contributed by atoms with E-state index in [1.54, 1.807) is 0 Å². The first-order valence-corrected chi connectivity index (χ1v) is 6.14. The van der Waals surface area contributed by atoms with Crippen LogP contribution >= 0.6 is 0 Å². The summed E-state index contributed by atoms with van der Waals surface area (Å²) >= 11 is 0. The third-order valence-electron chi connectivity index (χ3n) is 3.57. The Balaban J connectivity index is 2.07. The number of aryl methyl sites for hydroxylation is 2. The fourth-order valence-corrected chi connectivity index (χ4v) is 2.39. The van der Waals surface area contributed by atoms with Gasteiger partial charge in [0, 0.05) is 23.5 Å². The Labute approximate surface area is 101 Å². The third kappa shape index (κ3) is 1.71. The molecule has 1 aliphatic rings. The molecule has 0 saturated carbocycles. The Hall–Kier alpha value is -1.77. The third-order valence-corrected chi connectivity index (χ3v) is 3.57. The number of benzene rings is 1. The van der Waals surface area contributed by atoms with Gasteiger partial charge in [-0.3, -0.25) is 5.10 Å². The molecule has 1 aliphatic heterocycles. The van der Waals surface area contributed by atoms with Crippen molar-refractivity contribution in [2.24, 2.45) is 0 Å². The van der Waals surface area contributed by atoms with E-state index in [2.05, 4.69) is 47.6 Å². The molecule has 0 bridgehead atoms. The summed E-state index contributed by atoms with van der Waals surface area (Å²) in [5.41, 5.74) is 7.38. The van der Waals surface area contributed by atoms with Gasteiger partial charge in [-0.1, -0.05) is 6.07 Å². The smallest absolute Gasteiger partial charge is 0.0952 e. The molecule has 3 rings (SSSR count). The number of nitrogens with zero attached hydrogens (tertiary/aromatic N) is 1. The summed E-state index contributed by atoms with van der Waals surface area (Å²) in [5.74, 6) is 0. The van der Waals surface area contributed by atoms with Crippen LogP contribution in [-0.4, -0.2) is 16.7 Å². The number of nitrogens with one attached hydrogen (secondary N) is 2. The lowest BCUT2D eigenvalue weighted by atomic mass is 9.98. The van der Waals surface area contributed by atoms with Crippen LogP contribution in [0.1, 0.15) is 23.2 Å². The van der Waals surface area contributed by atoms with Crippen molar-refractivity contribution in [1.82, 2.24) is 10.2 Å². The highest BCUT2D eigenvalue weighted by Gasteiger charge is 2.12. The van der Waals surface area contributed by atoms with Crippen LogP contribution in [0.5, 0.6) is 0 Å². The lowest BCUT2D eigenvalue weighted by molar-refractivity contribution is 0.830. The van der Waals surface area contributed by atoms with Gasteiger partial charge in [0.15, 0.2) is 0 Å². The standard InChI is InChI=1S/C14H17N3/c1-9-10(2)16-17-14(9)12-5-6-13-11(8-12)4-3-7-15-13/h5-6,8,15H,3-4,7H2,1-2H3,(H,16,17). The van der Waals surface area contributed by atoms with Crippen molar-refractivity contribution < 1.29 is 0 Å². The van der Waals surface area contributed by atoms with Gasteiger partial charge in [-0.2, -0.15) is 5.10 Å². The maximum Gasteiger partial charge on any atom is 0.0952 e. The molecule has 2 N–H and O–H groups in total. The average molecular weight is 227 g/mol. The Morgan fingerprint density at radius 1 is 1.24 bits per heavy atom. The van der Waals surface area contributed by atoms with Gasteiger partial charge in [0.1, 0.15) is 0 Å². The van der Waals surface area contributed by atoms with Gasteiger partial charge < -0.3 is 5.32 Å². The van der Waals surface area contributed by atoms with Crippen LogP contribution in [-0.2, 0) is 6.42 Å². The number of aromatic amines is 1. The lowest BCUT2D eigenvalue weighted by Crippen LogP contribution is -2.11. The molecule has 1 aromatic carbocycles. The molecule has 3 nitrogen and oxygen atoms in total. The van der Waals surface area contributed by atoms with E-state index in [1.165, 1.54) is 35.2 Å². The van der Waals surface area contributed by atoms with Crippen molar-refractivity contribution in [2.45, 2.75) is 26.7 Å². The molecule has 0 saturated heterocycles. The number of H-pyrrole nitrogens is 1. The van der Waals surface area contributed by atoms with Crippen LogP contribution < -0.4 is 5.32 Å². The highest BCUT2D eigenvalue weighted by Crippen LogP contribution is 2.29. The van der Waals surface area contributed by atoms with E-state index in [0.29, 0.717) is 0 Å². The molecule has 3 heteroatoms. The second kappa shape index (κ2) is 3.91. The fourth-order valence-electron chi connectivity index (χ4n) is 2.39. The predicted molar refractivity (Wildman–Crippen MR) is 70.3 cm³/mol. The second-order valence-electron chi connectivity index (χ2n) is 4.72. The first-order valence-electron chi connectivity index (χ1n) is 6.14. The Bertz CT molecular complexity index is 555. The average Bonchev–Trinajstić information content (AvgIpc) is 2.70. The van der Waals surface area contributed by atoms with Crippen LogP contribution in [0.3, 0.4) is 0 Å². The van der Waals surface area contributed by atoms with E-state index in [9.17, 15) is 0 Å². The molecule has 88 valence electrons. The minimum atomic E-state index is 1.08. The topological polar surface area (TPSA) is 40.7 Å². The summed E-state index contributed by atoms with van der Waals surface area (Å²) in [6.45, 7) is 5.27. The van der Waals surface area contributed by atoms with Crippen molar-refractivity contribution in [3.8, 4) is 11.3 Å². The second-order valence-corrected chi connectivity index (χ2v) is 4.72. The van der Waals surface area contributed by atoms with Crippen LogP contribution in [0.4, 0.5) is 5.69 Å². The van der Waals surface area contributed by atoms with Crippen molar-refractivity contribution in [3.63, 3.8) is 0 Å². The summed E-state index contributed by atoms with van der Waals surface area (Å²) in [6, 6.07) is 6.59. The van der Waals surface area contributed by atoms with Crippen molar-refractivity contribution in [2.75, 3.05) is 11.9 Å². The Morgan fingerprint density at radius 2 is 2.12 bits per heavy atom. The number of aromatic nitrogens is 2. The Kier molecular flexibility index (Phi) is 2.39. The molecule has 1 aromatic heterocycles. The number of rotatable bonds is 1. The normalized spacial score (nSPS) is 14.2. The fraction of sp³-hybridized carbons (Fsp3) is 0.357. The summed E-state index contributed by atoms with van der Waals surface area (Å²) < 4.78 is 0. The molecular weight excluding hydrogens is 210 g/mol. The number of hydrogen-bond donors (Lipinski definition) is 2. The summed E-state index contributed by atoms with van der Waals surface area (Å²) in [5, 5.41) is 10.9. The van der Waals surface area contributed by atoms with Crippen molar-refractivity contribution >= 4 is 5.69 Å². The van der Waals surface area contributed by atoms with Gasteiger partial charge in [0.2, 0.25) is 0 Å². The van der Waals surface area contributed by atoms with Gasteiger partial charge in [-0.25, -0.2) is 0 Å². The monoisotopic (exact) mass is 227 g/mol. The van der Waals surface area contributed by atoms with Gasteiger partial charge in [0.25, 0.3) is 0 Å². The molecule has 0 atom stereocenters. The van der Waals surface area contributed by atoms with Crippen LogP contribution in [0.25, 0.3) is 11.3 Å². The summed E-state index contributed by atoms with van der Waals surface area (Å²) in [6.07, 6.45) is 2.38. The van der Waals surface area contributed by atoms with Crippen molar-refractivity contribution in [1.29, 1.82) is 0 Å². The summed E-state index contributed by atoms with van der Waals surface area (Å²) in [7, 11) is 0. The number of hydrogen-bond acceptors (Lipinski definition) is 2. The molecule has 0 aliphatic carbocycles. The zero-order valence-electron chi connectivity index (χ0n) is 10.3. The maximum absolute atomic E-state index is 4.39. The molecular formula is C14H17N3. The van der Waals surface area contributed by atoms with E-state index in [-0.39, 0.29) is 0 Å². The van der Waals surface area contributed by atoms with E-state index in [0.717, 1.165) is 17.9 Å². The molecule has 2 heterocycles. The zero-order valence-corrected chi connectivity index (χ0v) is 10.3. The lowest BCUT2D eigenvalue weighted by Gasteiger charge is -2.18. The molecule has 0 radical (unpaired) electrons. The van der Waals surface area contributed by atoms with Crippen LogP contribution in [0, 0.1) is 13.8 Å². The van der Waals surface area contributed by atoms with Gasteiger partial charge in [-0.05, 0) is 49.9 Å². The number of anilines is 1. The molecule has 2 aromatic rings. The SMILES string of the molecule is Cc1[nH]nc(-c2ccc3c(c2)CCCN3)c1C. The minimum absolute atomic E-state index is 1.08. The zero-order chi connectivity index (χ0) is 11.8. The summed E-state index contributed by atoms with van der Waals surface area (Å²) in [4.78, 5) is 0. The molecule has 0 amide bonds. The molecule has 17 heavy (non-hydrogen) atoms. The number of fused-ring (bicyclic) bond motifs is 1. The Morgan fingerprint density at radius 3 is 2.88 bits per heavy atom. The van der Waals surface area contributed by atoms with Gasteiger partial charge in [0.05, 0.1) is 5.69 Å². The minimum Gasteiger partial charge on any atom is -0.385 e. The van der Waals surface area contributed by atoms with Gasteiger partial charge in [-0.15, -0.1) is 0 Å². The first-order chi connectivity index (χ1) is 8.25. The molecule has 0 fully saturated rings. The van der Waals surface area contributed by atoms with Crippen LogP contribution in [0.2, 0.25) is 0 Å². The first kappa shape index (κ1) is 10.4. The highest BCUT2D eigenvalue weighted by atomic mass is 15.1. The molecule has 0 unspecified atom stereocenters. The van der Waals surface area contributed by atoms with Crippen molar-refractivity contribution in [3.05, 3.63) is 35.0 Å². The van der Waals surface area contributed by atoms with Crippen LogP contribution in [0.15, 0.2) is 18.2 Å².